The number of hydrogen-bond acceptors (Lipinski definition) is 4. The van der Waals surface area contributed by atoms with Crippen LogP contribution in [0.1, 0.15) is 22.5 Å². The van der Waals surface area contributed by atoms with Crippen LogP contribution in [0.3, 0.4) is 0 Å². The molecule has 1 heterocycles. The number of nitro groups is 1. The van der Waals surface area contributed by atoms with Crippen LogP contribution in [0.5, 0.6) is 0 Å². The number of hydrogen-bond donors (Lipinski definition) is 1. The maximum Gasteiger partial charge on any atom is 0.288 e. The molecule has 1 N–H and O–H groups in total. The van der Waals surface area contributed by atoms with Crippen molar-refractivity contribution < 1.29 is 9.72 Å². The van der Waals surface area contributed by atoms with Crippen LogP contribution in [0.15, 0.2) is 48.5 Å². The second kappa shape index (κ2) is 8.28. The molecule has 1 aromatic heterocycles. The molecule has 0 saturated heterocycles. The molecule has 0 fully saturated rings. The van der Waals surface area contributed by atoms with E-state index in [1.165, 1.54) is 24.3 Å². The van der Waals surface area contributed by atoms with Crippen molar-refractivity contribution in [2.45, 2.75) is 20.8 Å². The lowest BCUT2D eigenvalue weighted by Gasteiger charge is -2.06. The predicted molar refractivity (Wildman–Crippen MR) is 114 cm³/mol. The van der Waals surface area contributed by atoms with Gasteiger partial charge in [0.05, 0.1) is 27.7 Å². The molecule has 2 aromatic carbocycles. The maximum absolute atomic E-state index is 12.4. The van der Waals surface area contributed by atoms with Crippen LogP contribution in [-0.2, 0) is 4.79 Å². The predicted octanol–water partition coefficient (Wildman–Crippen LogP) is 5.01. The summed E-state index contributed by atoms with van der Waals surface area (Å²) < 4.78 is 1.77. The van der Waals surface area contributed by atoms with Gasteiger partial charge in [0.15, 0.2) is 0 Å². The minimum Gasteiger partial charge on any atom is -0.319 e. The number of benzene rings is 2. The van der Waals surface area contributed by atoms with Gasteiger partial charge in [-0.15, -0.1) is 0 Å². The van der Waals surface area contributed by atoms with Gasteiger partial charge in [-0.25, -0.2) is 4.68 Å². The molecule has 3 aromatic rings. The van der Waals surface area contributed by atoms with Crippen LogP contribution >= 0.6 is 11.6 Å². The Balaban J connectivity index is 1.79. The van der Waals surface area contributed by atoms with Crippen LogP contribution in [0, 0.1) is 30.9 Å². The van der Waals surface area contributed by atoms with Crippen LogP contribution in [0.25, 0.3) is 11.8 Å². The topological polar surface area (TPSA) is 90.1 Å². The third-order valence-corrected chi connectivity index (χ3v) is 4.73. The third-order valence-electron chi connectivity index (χ3n) is 4.41. The molecule has 7 nitrogen and oxygen atoms in total. The van der Waals surface area contributed by atoms with E-state index in [1.807, 2.05) is 45.0 Å². The Hall–Kier alpha value is -3.45. The number of aromatic nitrogens is 2. The summed E-state index contributed by atoms with van der Waals surface area (Å²) in [6, 6.07) is 12.3. The summed E-state index contributed by atoms with van der Waals surface area (Å²) >= 11 is 5.80. The Kier molecular flexibility index (Phi) is 5.79. The largest absolute Gasteiger partial charge is 0.319 e. The van der Waals surface area contributed by atoms with Crippen molar-refractivity contribution in [3.05, 3.63) is 86.2 Å². The van der Waals surface area contributed by atoms with Gasteiger partial charge in [-0.2, -0.15) is 5.10 Å². The number of carbonyl (C=O) groups excluding carboxylic acids is 1. The molecule has 0 radical (unpaired) electrons. The zero-order chi connectivity index (χ0) is 21.1. The standard InChI is InChI=1S/C21H19ClN4O3/c1-13-4-8-17(9-5-13)25-15(3)21(14(2)24-25)23-20(27)11-7-16-6-10-18(22)19(12-16)26(28)29/h4-12H,1-3H3,(H,23,27)/b11-7+. The average Bonchev–Trinajstić information content (AvgIpc) is 2.96. The van der Waals surface area contributed by atoms with Gasteiger partial charge < -0.3 is 5.32 Å². The number of amides is 1. The third kappa shape index (κ3) is 4.52. The fraction of sp³-hybridized carbons (Fsp3) is 0.143. The van der Waals surface area contributed by atoms with Crippen molar-refractivity contribution in [3.63, 3.8) is 0 Å². The summed E-state index contributed by atoms with van der Waals surface area (Å²) in [5.41, 5.74) is 4.46. The first-order valence-electron chi connectivity index (χ1n) is 8.82. The highest BCUT2D eigenvalue weighted by Crippen LogP contribution is 2.26. The Labute approximate surface area is 172 Å². The van der Waals surface area contributed by atoms with Crippen molar-refractivity contribution in [2.75, 3.05) is 5.32 Å². The molecular weight excluding hydrogens is 392 g/mol. The molecule has 0 unspecified atom stereocenters. The summed E-state index contributed by atoms with van der Waals surface area (Å²) in [4.78, 5) is 22.8. The molecule has 0 aliphatic rings. The maximum atomic E-state index is 12.4. The van der Waals surface area contributed by atoms with E-state index in [2.05, 4.69) is 10.4 Å². The lowest BCUT2D eigenvalue weighted by Crippen LogP contribution is -2.09. The smallest absolute Gasteiger partial charge is 0.288 e. The van der Waals surface area contributed by atoms with Crippen LogP contribution < -0.4 is 5.32 Å². The SMILES string of the molecule is Cc1ccc(-n2nc(C)c(NC(=O)/C=C/c3ccc(Cl)c([N+](=O)[O-])c3)c2C)cc1. The van der Waals surface area contributed by atoms with Crippen molar-refractivity contribution in [1.29, 1.82) is 0 Å². The van der Waals surface area contributed by atoms with E-state index in [0.29, 0.717) is 16.9 Å². The number of nitrogens with zero attached hydrogens (tertiary/aromatic N) is 3. The quantitative estimate of drug-likeness (QED) is 0.363. The van der Waals surface area contributed by atoms with Gasteiger partial charge >= 0.3 is 0 Å². The van der Waals surface area contributed by atoms with Gasteiger partial charge in [-0.3, -0.25) is 14.9 Å². The normalized spacial score (nSPS) is 11.0. The van der Waals surface area contributed by atoms with Gasteiger partial charge in [0.25, 0.3) is 5.69 Å². The van der Waals surface area contributed by atoms with Crippen molar-refractivity contribution >= 4 is 35.0 Å². The zero-order valence-corrected chi connectivity index (χ0v) is 16.9. The number of halogens is 1. The summed E-state index contributed by atoms with van der Waals surface area (Å²) in [5, 5.41) is 18.4. The minimum absolute atomic E-state index is 0.0476. The molecule has 0 spiro atoms. The number of rotatable bonds is 5. The second-order valence-corrected chi connectivity index (χ2v) is 6.99. The highest BCUT2D eigenvalue weighted by molar-refractivity contribution is 6.32. The Morgan fingerprint density at radius 3 is 2.52 bits per heavy atom. The fourth-order valence-electron chi connectivity index (χ4n) is 2.87. The Morgan fingerprint density at radius 1 is 1.17 bits per heavy atom. The molecule has 0 bridgehead atoms. The van der Waals surface area contributed by atoms with Gasteiger partial charge in [-0.1, -0.05) is 35.4 Å². The van der Waals surface area contributed by atoms with E-state index in [4.69, 9.17) is 11.6 Å². The van der Waals surface area contributed by atoms with E-state index in [-0.39, 0.29) is 16.6 Å². The van der Waals surface area contributed by atoms with Crippen LogP contribution in [-0.4, -0.2) is 20.6 Å². The number of aryl methyl sites for hydroxylation is 2. The van der Waals surface area contributed by atoms with E-state index in [9.17, 15) is 14.9 Å². The number of nitrogens with one attached hydrogen (secondary N) is 1. The first-order chi connectivity index (χ1) is 13.8. The lowest BCUT2D eigenvalue weighted by atomic mass is 10.2. The molecule has 0 aliphatic heterocycles. The molecule has 1 amide bonds. The summed E-state index contributed by atoms with van der Waals surface area (Å²) in [6.07, 6.45) is 2.81. The summed E-state index contributed by atoms with van der Waals surface area (Å²) in [5.74, 6) is -0.364. The van der Waals surface area contributed by atoms with E-state index in [1.54, 1.807) is 10.7 Å². The second-order valence-electron chi connectivity index (χ2n) is 6.58. The van der Waals surface area contributed by atoms with Crippen molar-refractivity contribution in [3.8, 4) is 5.69 Å². The molecule has 29 heavy (non-hydrogen) atoms. The highest BCUT2D eigenvalue weighted by atomic mass is 35.5. The number of nitro benzene ring substituents is 1. The van der Waals surface area contributed by atoms with Crippen molar-refractivity contribution in [2.24, 2.45) is 0 Å². The molecular formula is C21H19ClN4O3. The molecule has 0 aliphatic carbocycles. The summed E-state index contributed by atoms with van der Waals surface area (Å²) in [7, 11) is 0. The molecule has 0 saturated carbocycles. The van der Waals surface area contributed by atoms with Gasteiger partial charge in [0.1, 0.15) is 5.02 Å². The number of anilines is 1. The monoisotopic (exact) mass is 410 g/mol. The summed E-state index contributed by atoms with van der Waals surface area (Å²) in [6.45, 7) is 5.71. The van der Waals surface area contributed by atoms with E-state index < -0.39 is 4.92 Å². The van der Waals surface area contributed by atoms with Crippen LogP contribution in [0.2, 0.25) is 5.02 Å². The average molecular weight is 411 g/mol. The van der Waals surface area contributed by atoms with E-state index in [0.717, 1.165) is 16.9 Å². The molecule has 148 valence electrons. The van der Waals surface area contributed by atoms with Gasteiger partial charge in [0, 0.05) is 12.1 Å². The first-order valence-corrected chi connectivity index (χ1v) is 9.20. The molecule has 3 rings (SSSR count). The first kappa shape index (κ1) is 20.3. The zero-order valence-electron chi connectivity index (χ0n) is 16.1. The molecule has 0 atom stereocenters. The molecule has 8 heteroatoms. The Bertz CT molecular complexity index is 1120. The van der Waals surface area contributed by atoms with Crippen LogP contribution in [0.4, 0.5) is 11.4 Å². The van der Waals surface area contributed by atoms with E-state index >= 15 is 0 Å². The lowest BCUT2D eigenvalue weighted by molar-refractivity contribution is -0.384. The van der Waals surface area contributed by atoms with Gasteiger partial charge in [-0.05, 0) is 50.6 Å². The minimum atomic E-state index is -0.564. The van der Waals surface area contributed by atoms with Gasteiger partial charge in [0.2, 0.25) is 5.91 Å². The highest BCUT2D eigenvalue weighted by Gasteiger charge is 2.15. The fourth-order valence-corrected chi connectivity index (χ4v) is 3.06. The Morgan fingerprint density at radius 2 is 1.86 bits per heavy atom. The number of carbonyl (C=O) groups is 1. The van der Waals surface area contributed by atoms with Crippen molar-refractivity contribution in [1.82, 2.24) is 9.78 Å².